The molecular formula is C19H26N2O4S. The van der Waals surface area contributed by atoms with Crippen LogP contribution in [0, 0.1) is 0 Å². The molecule has 0 bridgehead atoms. The molecule has 0 aliphatic carbocycles. The highest BCUT2D eigenvalue weighted by atomic mass is 32.2. The van der Waals surface area contributed by atoms with Gasteiger partial charge in [-0.25, -0.2) is 12.7 Å². The average Bonchev–Trinajstić information content (AvgIpc) is 2.75. The molecule has 2 heterocycles. The zero-order valence-corrected chi connectivity index (χ0v) is 16.0. The molecule has 3 rings (SSSR count). The van der Waals surface area contributed by atoms with Gasteiger partial charge < -0.3 is 9.64 Å². The number of rotatable bonds is 4. The molecule has 0 radical (unpaired) electrons. The largest absolute Gasteiger partial charge is 0.373 e. The maximum absolute atomic E-state index is 12.7. The Balaban J connectivity index is 1.58. The summed E-state index contributed by atoms with van der Waals surface area (Å²) in [7, 11) is -3.18. The molecule has 2 fully saturated rings. The summed E-state index contributed by atoms with van der Waals surface area (Å²) in [5.41, 5.74) is 0.589. The molecule has 2 saturated heterocycles. The second kappa shape index (κ2) is 7.90. The van der Waals surface area contributed by atoms with Crippen LogP contribution in [0.5, 0.6) is 0 Å². The van der Waals surface area contributed by atoms with Crippen molar-refractivity contribution in [3.8, 4) is 0 Å². The summed E-state index contributed by atoms with van der Waals surface area (Å²) in [6, 6.07) is 9.98. The van der Waals surface area contributed by atoms with Crippen molar-refractivity contribution in [3.63, 3.8) is 0 Å². The normalized spacial score (nSPS) is 22.0. The first-order chi connectivity index (χ1) is 12.4. The number of hydrogen-bond donors (Lipinski definition) is 0. The van der Waals surface area contributed by atoms with Crippen LogP contribution in [-0.4, -0.2) is 68.2 Å². The van der Waals surface area contributed by atoms with Crippen LogP contribution in [0.15, 0.2) is 36.4 Å². The Kier molecular flexibility index (Phi) is 5.79. The van der Waals surface area contributed by atoms with Gasteiger partial charge in [-0.15, -0.1) is 0 Å². The number of carbonyl (C=O) groups excluding carboxylic acids is 1. The second-order valence-electron chi connectivity index (χ2n) is 7.02. The van der Waals surface area contributed by atoms with E-state index in [2.05, 4.69) is 0 Å². The first-order valence-corrected chi connectivity index (χ1v) is 10.8. The molecule has 26 heavy (non-hydrogen) atoms. The van der Waals surface area contributed by atoms with Gasteiger partial charge >= 0.3 is 0 Å². The number of carbonyl (C=O) groups is 1. The lowest BCUT2D eigenvalue weighted by molar-refractivity contribution is -0.134. The molecule has 2 aliphatic rings. The molecule has 1 aromatic rings. The van der Waals surface area contributed by atoms with Gasteiger partial charge in [0.25, 0.3) is 0 Å². The summed E-state index contributed by atoms with van der Waals surface area (Å²) >= 11 is 0. The van der Waals surface area contributed by atoms with Crippen molar-refractivity contribution >= 4 is 22.0 Å². The SMILES string of the molecule is CS(=O)(=O)N1CCC2(CC1)CC(=O)N(C/C=C/c1ccccc1)CCO2. The number of benzene rings is 1. The van der Waals surface area contributed by atoms with Crippen molar-refractivity contribution in [2.45, 2.75) is 24.9 Å². The lowest BCUT2D eigenvalue weighted by Gasteiger charge is -2.39. The maximum Gasteiger partial charge on any atom is 0.225 e. The Hall–Kier alpha value is -1.70. The van der Waals surface area contributed by atoms with E-state index in [0.717, 1.165) is 5.56 Å². The molecule has 0 atom stereocenters. The quantitative estimate of drug-likeness (QED) is 0.800. The molecule has 1 aromatic carbocycles. The fourth-order valence-electron chi connectivity index (χ4n) is 3.56. The van der Waals surface area contributed by atoms with E-state index in [1.54, 1.807) is 0 Å². The van der Waals surface area contributed by atoms with Gasteiger partial charge in [0.05, 0.1) is 24.9 Å². The van der Waals surface area contributed by atoms with Crippen molar-refractivity contribution < 1.29 is 17.9 Å². The fraction of sp³-hybridized carbons (Fsp3) is 0.526. The summed E-state index contributed by atoms with van der Waals surface area (Å²) in [5, 5.41) is 0. The first-order valence-electron chi connectivity index (χ1n) is 8.96. The molecule has 0 aromatic heterocycles. The Morgan fingerprint density at radius 2 is 1.85 bits per heavy atom. The molecule has 0 saturated carbocycles. The lowest BCUT2D eigenvalue weighted by atomic mass is 9.88. The highest BCUT2D eigenvalue weighted by molar-refractivity contribution is 7.88. The number of piperidine rings is 1. The van der Waals surface area contributed by atoms with Crippen molar-refractivity contribution in [2.24, 2.45) is 0 Å². The first kappa shape index (κ1) is 19.1. The minimum Gasteiger partial charge on any atom is -0.373 e. The molecule has 7 heteroatoms. The van der Waals surface area contributed by atoms with E-state index < -0.39 is 15.6 Å². The van der Waals surface area contributed by atoms with Crippen LogP contribution >= 0.6 is 0 Å². The summed E-state index contributed by atoms with van der Waals surface area (Å²) in [6.45, 7) is 2.45. The molecule has 2 aliphatic heterocycles. The van der Waals surface area contributed by atoms with E-state index in [4.69, 9.17) is 4.74 Å². The molecule has 6 nitrogen and oxygen atoms in total. The van der Waals surface area contributed by atoms with Gasteiger partial charge in [0.2, 0.25) is 15.9 Å². The molecule has 142 valence electrons. The molecule has 0 N–H and O–H groups in total. The van der Waals surface area contributed by atoms with Crippen molar-refractivity contribution in [1.29, 1.82) is 0 Å². The summed E-state index contributed by atoms with van der Waals surface area (Å²) in [4.78, 5) is 14.5. The fourth-order valence-corrected chi connectivity index (χ4v) is 4.40. The molecule has 1 amide bonds. The summed E-state index contributed by atoms with van der Waals surface area (Å²) in [5.74, 6) is 0.0769. The minimum absolute atomic E-state index is 0.0769. The van der Waals surface area contributed by atoms with Crippen LogP contribution in [0.1, 0.15) is 24.8 Å². The Labute approximate surface area is 155 Å². The van der Waals surface area contributed by atoms with E-state index in [-0.39, 0.29) is 5.91 Å². The lowest BCUT2D eigenvalue weighted by Crippen LogP contribution is -2.48. The minimum atomic E-state index is -3.18. The van der Waals surface area contributed by atoms with Gasteiger partial charge in [-0.3, -0.25) is 4.79 Å². The van der Waals surface area contributed by atoms with E-state index in [0.29, 0.717) is 52.0 Å². The Bertz CT molecular complexity index is 753. The van der Waals surface area contributed by atoms with E-state index in [9.17, 15) is 13.2 Å². The van der Waals surface area contributed by atoms with Gasteiger partial charge in [0, 0.05) is 26.2 Å². The third-order valence-corrected chi connectivity index (χ3v) is 6.44. The zero-order chi connectivity index (χ0) is 18.6. The predicted molar refractivity (Wildman–Crippen MR) is 101 cm³/mol. The van der Waals surface area contributed by atoms with E-state index in [1.807, 2.05) is 47.4 Å². The van der Waals surface area contributed by atoms with Gasteiger partial charge in [0.1, 0.15) is 0 Å². The zero-order valence-electron chi connectivity index (χ0n) is 15.1. The smallest absolute Gasteiger partial charge is 0.225 e. The second-order valence-corrected chi connectivity index (χ2v) is 9.01. The van der Waals surface area contributed by atoms with Crippen LogP contribution in [0.2, 0.25) is 0 Å². The third kappa shape index (κ3) is 4.72. The Morgan fingerprint density at radius 1 is 1.15 bits per heavy atom. The topological polar surface area (TPSA) is 66.9 Å². The molecular weight excluding hydrogens is 352 g/mol. The van der Waals surface area contributed by atoms with Crippen LogP contribution in [0.4, 0.5) is 0 Å². The van der Waals surface area contributed by atoms with Gasteiger partial charge in [0.15, 0.2) is 0 Å². The number of hydrogen-bond acceptors (Lipinski definition) is 4. The van der Waals surface area contributed by atoms with Gasteiger partial charge in [-0.05, 0) is 18.4 Å². The maximum atomic E-state index is 12.7. The number of amides is 1. The van der Waals surface area contributed by atoms with Crippen LogP contribution in [-0.2, 0) is 19.6 Å². The van der Waals surface area contributed by atoms with Crippen molar-refractivity contribution in [2.75, 3.05) is 39.0 Å². The van der Waals surface area contributed by atoms with Crippen LogP contribution in [0.3, 0.4) is 0 Å². The molecule has 1 spiro atoms. The molecule has 0 unspecified atom stereocenters. The summed E-state index contributed by atoms with van der Waals surface area (Å²) < 4.78 is 30.9. The van der Waals surface area contributed by atoms with Crippen molar-refractivity contribution in [3.05, 3.63) is 42.0 Å². The Morgan fingerprint density at radius 3 is 2.50 bits per heavy atom. The van der Waals surface area contributed by atoms with Gasteiger partial charge in [-0.2, -0.15) is 0 Å². The van der Waals surface area contributed by atoms with E-state index >= 15 is 0 Å². The monoisotopic (exact) mass is 378 g/mol. The predicted octanol–water partition coefficient (Wildman–Crippen LogP) is 1.74. The van der Waals surface area contributed by atoms with Crippen LogP contribution in [0.25, 0.3) is 6.08 Å². The van der Waals surface area contributed by atoms with E-state index in [1.165, 1.54) is 10.6 Å². The number of ether oxygens (including phenoxy) is 1. The highest BCUT2D eigenvalue weighted by Crippen LogP contribution is 2.33. The van der Waals surface area contributed by atoms with Gasteiger partial charge in [-0.1, -0.05) is 42.5 Å². The van der Waals surface area contributed by atoms with Crippen LogP contribution < -0.4 is 0 Å². The number of sulfonamides is 1. The number of nitrogens with zero attached hydrogens (tertiary/aromatic N) is 2. The summed E-state index contributed by atoms with van der Waals surface area (Å²) in [6.07, 6.45) is 6.70. The van der Waals surface area contributed by atoms with Crippen molar-refractivity contribution in [1.82, 2.24) is 9.21 Å². The average molecular weight is 378 g/mol. The standard InChI is InChI=1S/C19H26N2O4S/c1-26(23,24)21-12-9-19(10-13-21)16-18(22)20(14-15-25-19)11-5-8-17-6-3-2-4-7-17/h2-8H,9-16H2,1H3/b8-5+. The third-order valence-electron chi connectivity index (χ3n) is 5.13. The highest BCUT2D eigenvalue weighted by Gasteiger charge is 2.41.